The second kappa shape index (κ2) is 5.00. The Kier molecular flexibility index (Phi) is 3.59. The average Bonchev–Trinajstić information content (AvgIpc) is 2.66. The summed E-state index contributed by atoms with van der Waals surface area (Å²) in [6.07, 6.45) is 1.83. The minimum Gasteiger partial charge on any atom is -0.392 e. The minimum absolute atomic E-state index is 0.0456. The van der Waals surface area contributed by atoms with E-state index in [1.165, 1.54) is 0 Å². The molecule has 18 heavy (non-hydrogen) atoms. The van der Waals surface area contributed by atoms with Crippen LogP contribution in [0.15, 0.2) is 24.4 Å². The number of aliphatic hydroxyl groups excluding tert-OH is 1. The molecule has 0 radical (unpaired) electrons. The van der Waals surface area contributed by atoms with Gasteiger partial charge in [0.05, 0.1) is 12.5 Å². The molecule has 4 nitrogen and oxygen atoms in total. The van der Waals surface area contributed by atoms with Gasteiger partial charge in [0.15, 0.2) is 0 Å². The lowest BCUT2D eigenvalue weighted by Gasteiger charge is -2.09. The molecule has 3 N–H and O–H groups in total. The fourth-order valence-corrected chi connectivity index (χ4v) is 2.17. The number of hydrogen-bond donors (Lipinski definition) is 2. The van der Waals surface area contributed by atoms with E-state index < -0.39 is 0 Å². The Balaban J connectivity index is 2.49. The number of fused-ring (bicyclic) bond motifs is 1. The fourth-order valence-electron chi connectivity index (χ4n) is 2.00. The van der Waals surface area contributed by atoms with Crippen LogP contribution in [0.4, 0.5) is 0 Å². The number of aromatic nitrogens is 1. The summed E-state index contributed by atoms with van der Waals surface area (Å²) in [5.74, 6) is -0.615. The first kappa shape index (κ1) is 12.9. The second-order valence-corrected chi connectivity index (χ2v) is 4.87. The highest BCUT2D eigenvalue weighted by molar-refractivity contribution is 6.31. The molecule has 0 bridgehead atoms. The number of halogens is 1. The molecule has 1 aromatic heterocycles. The molecule has 5 heteroatoms. The van der Waals surface area contributed by atoms with Crippen molar-refractivity contribution in [3.63, 3.8) is 0 Å². The molecule has 1 atom stereocenters. The van der Waals surface area contributed by atoms with Crippen molar-refractivity contribution < 1.29 is 9.90 Å². The monoisotopic (exact) mass is 266 g/mol. The standard InChI is InChI=1S/C13H15ClN2O2/c1-8(13(15)18)5-16-6-9(7-17)11-3-2-10(14)4-12(11)16/h2-4,6,8,17H,5,7H2,1H3,(H2,15,18). The lowest BCUT2D eigenvalue weighted by Crippen LogP contribution is -2.24. The number of carbonyl (C=O) groups excluding carboxylic acids is 1. The molecule has 0 saturated heterocycles. The van der Waals surface area contributed by atoms with Gasteiger partial charge in [-0.25, -0.2) is 0 Å². The molecule has 2 rings (SSSR count). The maximum absolute atomic E-state index is 11.1. The number of primary amides is 1. The zero-order chi connectivity index (χ0) is 13.3. The molecule has 1 amide bonds. The quantitative estimate of drug-likeness (QED) is 0.888. The minimum atomic E-state index is -0.343. The van der Waals surface area contributed by atoms with Gasteiger partial charge in [0.2, 0.25) is 5.91 Å². The second-order valence-electron chi connectivity index (χ2n) is 4.43. The third-order valence-corrected chi connectivity index (χ3v) is 3.29. The Bertz CT molecular complexity index is 592. The number of aliphatic hydroxyl groups is 1. The van der Waals surface area contributed by atoms with Crippen molar-refractivity contribution in [2.75, 3.05) is 0 Å². The lowest BCUT2D eigenvalue weighted by molar-refractivity contribution is -0.121. The topological polar surface area (TPSA) is 68.2 Å². The van der Waals surface area contributed by atoms with Gasteiger partial charge in [-0.05, 0) is 12.1 Å². The van der Waals surface area contributed by atoms with Gasteiger partial charge in [-0.2, -0.15) is 0 Å². The molecule has 0 spiro atoms. The largest absolute Gasteiger partial charge is 0.392 e. The van der Waals surface area contributed by atoms with Crippen LogP contribution in [-0.2, 0) is 17.9 Å². The maximum atomic E-state index is 11.1. The van der Waals surface area contributed by atoms with E-state index >= 15 is 0 Å². The van der Waals surface area contributed by atoms with Gasteiger partial charge in [-0.3, -0.25) is 4.79 Å². The average molecular weight is 267 g/mol. The van der Waals surface area contributed by atoms with Crippen LogP contribution in [0.2, 0.25) is 5.02 Å². The molecule has 1 heterocycles. The first-order chi connectivity index (χ1) is 8.52. The first-order valence-electron chi connectivity index (χ1n) is 5.70. The number of hydrogen-bond acceptors (Lipinski definition) is 2. The van der Waals surface area contributed by atoms with Crippen molar-refractivity contribution >= 4 is 28.4 Å². The van der Waals surface area contributed by atoms with Crippen LogP contribution in [0, 0.1) is 5.92 Å². The van der Waals surface area contributed by atoms with E-state index in [1.807, 2.05) is 22.9 Å². The Morgan fingerprint density at radius 1 is 1.56 bits per heavy atom. The van der Waals surface area contributed by atoms with E-state index in [9.17, 15) is 9.90 Å². The number of carbonyl (C=O) groups is 1. The fraction of sp³-hybridized carbons (Fsp3) is 0.308. The molecule has 0 aliphatic heterocycles. The zero-order valence-electron chi connectivity index (χ0n) is 10.1. The number of benzene rings is 1. The predicted molar refractivity (Wildman–Crippen MR) is 71.2 cm³/mol. The van der Waals surface area contributed by atoms with E-state index in [0.29, 0.717) is 11.6 Å². The SMILES string of the molecule is CC(Cn1cc(CO)c2ccc(Cl)cc21)C(N)=O. The molecule has 96 valence electrons. The highest BCUT2D eigenvalue weighted by Gasteiger charge is 2.13. The van der Waals surface area contributed by atoms with E-state index in [1.54, 1.807) is 13.0 Å². The Hall–Kier alpha value is -1.52. The summed E-state index contributed by atoms with van der Waals surface area (Å²) in [5.41, 5.74) is 6.99. The van der Waals surface area contributed by atoms with Crippen molar-refractivity contribution in [2.24, 2.45) is 11.7 Å². The number of nitrogens with two attached hydrogens (primary N) is 1. The van der Waals surface area contributed by atoms with E-state index in [0.717, 1.165) is 16.5 Å². The van der Waals surface area contributed by atoms with Crippen LogP contribution in [-0.4, -0.2) is 15.6 Å². The van der Waals surface area contributed by atoms with Crippen LogP contribution in [0.3, 0.4) is 0 Å². The van der Waals surface area contributed by atoms with Crippen molar-refractivity contribution in [2.45, 2.75) is 20.1 Å². The molecule has 0 aliphatic rings. The smallest absolute Gasteiger partial charge is 0.222 e. The van der Waals surface area contributed by atoms with Crippen molar-refractivity contribution in [1.82, 2.24) is 4.57 Å². The molecular weight excluding hydrogens is 252 g/mol. The van der Waals surface area contributed by atoms with Gasteiger partial charge in [-0.1, -0.05) is 24.6 Å². The zero-order valence-corrected chi connectivity index (χ0v) is 10.8. The summed E-state index contributed by atoms with van der Waals surface area (Å²) in [6, 6.07) is 5.48. The van der Waals surface area contributed by atoms with Crippen molar-refractivity contribution in [3.05, 3.63) is 35.0 Å². The van der Waals surface area contributed by atoms with Crippen LogP contribution >= 0.6 is 11.6 Å². The summed E-state index contributed by atoms with van der Waals surface area (Å²) in [6.45, 7) is 2.21. The van der Waals surface area contributed by atoms with Crippen molar-refractivity contribution in [3.8, 4) is 0 Å². The molecule has 0 fully saturated rings. The third kappa shape index (κ3) is 2.35. The van der Waals surface area contributed by atoms with Gasteiger partial charge in [-0.15, -0.1) is 0 Å². The first-order valence-corrected chi connectivity index (χ1v) is 6.08. The molecule has 0 aliphatic carbocycles. The summed E-state index contributed by atoms with van der Waals surface area (Å²) in [4.78, 5) is 11.1. The number of nitrogens with zero attached hydrogens (tertiary/aromatic N) is 1. The van der Waals surface area contributed by atoms with Crippen LogP contribution in [0.5, 0.6) is 0 Å². The van der Waals surface area contributed by atoms with Crippen LogP contribution < -0.4 is 5.73 Å². The van der Waals surface area contributed by atoms with Crippen molar-refractivity contribution in [1.29, 1.82) is 0 Å². The number of amides is 1. The maximum Gasteiger partial charge on any atom is 0.222 e. The van der Waals surface area contributed by atoms with Gasteiger partial charge < -0.3 is 15.4 Å². The van der Waals surface area contributed by atoms with E-state index in [-0.39, 0.29) is 18.4 Å². The summed E-state index contributed by atoms with van der Waals surface area (Å²) in [5, 5.41) is 10.9. The predicted octanol–water partition coefficient (Wildman–Crippen LogP) is 1.91. The normalized spacial score (nSPS) is 12.8. The lowest BCUT2D eigenvalue weighted by atomic mass is 10.1. The molecule has 1 aromatic carbocycles. The third-order valence-electron chi connectivity index (χ3n) is 3.05. The number of rotatable bonds is 4. The van der Waals surface area contributed by atoms with E-state index in [2.05, 4.69) is 0 Å². The highest BCUT2D eigenvalue weighted by atomic mass is 35.5. The van der Waals surface area contributed by atoms with Gasteiger partial charge in [0, 0.05) is 34.2 Å². The Labute approximate surface area is 110 Å². The Morgan fingerprint density at radius 2 is 2.28 bits per heavy atom. The van der Waals surface area contributed by atoms with Gasteiger partial charge >= 0.3 is 0 Å². The molecule has 0 saturated carbocycles. The highest BCUT2D eigenvalue weighted by Crippen LogP contribution is 2.25. The van der Waals surface area contributed by atoms with Gasteiger partial charge in [0.25, 0.3) is 0 Å². The summed E-state index contributed by atoms with van der Waals surface area (Å²) >= 11 is 5.97. The molecule has 2 aromatic rings. The molecular formula is C13H15ClN2O2. The summed E-state index contributed by atoms with van der Waals surface area (Å²) < 4.78 is 1.90. The Morgan fingerprint density at radius 3 is 2.89 bits per heavy atom. The molecule has 1 unspecified atom stereocenters. The van der Waals surface area contributed by atoms with Gasteiger partial charge in [0.1, 0.15) is 0 Å². The van der Waals surface area contributed by atoms with Crippen LogP contribution in [0.25, 0.3) is 10.9 Å². The van der Waals surface area contributed by atoms with E-state index in [4.69, 9.17) is 17.3 Å². The van der Waals surface area contributed by atoms with Crippen LogP contribution in [0.1, 0.15) is 12.5 Å². The summed E-state index contributed by atoms with van der Waals surface area (Å²) in [7, 11) is 0.